The lowest BCUT2D eigenvalue weighted by atomic mass is 10.1. The summed E-state index contributed by atoms with van der Waals surface area (Å²) in [5.74, 6) is 0.251. The van der Waals surface area contributed by atoms with Gasteiger partial charge >= 0.3 is 0 Å². The third-order valence-electron chi connectivity index (χ3n) is 3.53. The lowest BCUT2D eigenvalue weighted by Crippen LogP contribution is -2.41. The Kier molecular flexibility index (Phi) is 7.28. The van der Waals surface area contributed by atoms with Gasteiger partial charge in [0.15, 0.2) is 0 Å². The number of hydrogen-bond acceptors (Lipinski definition) is 4. The molecule has 0 radical (unpaired) electrons. The van der Waals surface area contributed by atoms with Crippen molar-refractivity contribution < 1.29 is 13.2 Å². The van der Waals surface area contributed by atoms with Gasteiger partial charge in [0.05, 0.1) is 5.75 Å². The van der Waals surface area contributed by atoms with Crippen molar-refractivity contribution in [3.8, 4) is 0 Å². The Labute approximate surface area is 117 Å². The summed E-state index contributed by atoms with van der Waals surface area (Å²) >= 11 is 0. The average molecular weight is 292 g/mol. The molecule has 0 aromatic carbocycles. The van der Waals surface area contributed by atoms with Gasteiger partial charge in [0.1, 0.15) is 0 Å². The van der Waals surface area contributed by atoms with Gasteiger partial charge in [-0.1, -0.05) is 13.8 Å². The molecule has 1 saturated heterocycles. The average Bonchev–Trinajstić information content (AvgIpc) is 2.38. The molecule has 0 bridgehead atoms. The molecule has 0 aromatic heterocycles. The normalized spacial score (nSPS) is 18.4. The highest BCUT2D eigenvalue weighted by Crippen LogP contribution is 2.17. The molecule has 0 saturated carbocycles. The van der Waals surface area contributed by atoms with Crippen molar-refractivity contribution in [3.63, 3.8) is 0 Å². The molecule has 19 heavy (non-hydrogen) atoms. The summed E-state index contributed by atoms with van der Waals surface area (Å²) in [6, 6.07) is 0.578. The van der Waals surface area contributed by atoms with Crippen molar-refractivity contribution in [2.45, 2.75) is 51.6 Å². The Morgan fingerprint density at radius 1 is 1.26 bits per heavy atom. The third-order valence-corrected chi connectivity index (χ3v) is 5.51. The molecule has 1 rings (SSSR count). The molecule has 1 aliphatic heterocycles. The van der Waals surface area contributed by atoms with Gasteiger partial charge in [0.25, 0.3) is 0 Å². The minimum atomic E-state index is -3.11. The fourth-order valence-corrected chi connectivity index (χ4v) is 3.74. The van der Waals surface area contributed by atoms with Crippen molar-refractivity contribution in [1.82, 2.24) is 9.62 Å². The van der Waals surface area contributed by atoms with Gasteiger partial charge in [-0.15, -0.1) is 0 Å². The monoisotopic (exact) mass is 292 g/mol. The van der Waals surface area contributed by atoms with Crippen LogP contribution < -0.4 is 5.32 Å². The van der Waals surface area contributed by atoms with Gasteiger partial charge in [0, 0.05) is 32.3 Å². The zero-order valence-corrected chi connectivity index (χ0v) is 13.2. The SMILES string of the molecule is CC(C)NCCCCS(=O)(=O)N(C)C1CCOCC1. The highest BCUT2D eigenvalue weighted by atomic mass is 32.2. The molecule has 0 aromatic rings. The maximum absolute atomic E-state index is 12.2. The lowest BCUT2D eigenvalue weighted by Gasteiger charge is -2.30. The molecule has 0 unspecified atom stereocenters. The van der Waals surface area contributed by atoms with Crippen molar-refractivity contribution >= 4 is 10.0 Å². The van der Waals surface area contributed by atoms with Crippen LogP contribution in [-0.4, -0.2) is 57.4 Å². The fourth-order valence-electron chi connectivity index (χ4n) is 2.22. The topological polar surface area (TPSA) is 58.6 Å². The molecule has 1 heterocycles. The van der Waals surface area contributed by atoms with Crippen LogP contribution in [0.1, 0.15) is 39.5 Å². The van der Waals surface area contributed by atoms with Crippen LogP contribution in [-0.2, 0) is 14.8 Å². The van der Waals surface area contributed by atoms with Gasteiger partial charge in [-0.3, -0.25) is 0 Å². The number of rotatable bonds is 8. The first-order valence-electron chi connectivity index (χ1n) is 7.20. The van der Waals surface area contributed by atoms with Gasteiger partial charge in [-0.25, -0.2) is 12.7 Å². The van der Waals surface area contributed by atoms with Crippen LogP contribution in [0.4, 0.5) is 0 Å². The largest absolute Gasteiger partial charge is 0.381 e. The minimum absolute atomic E-state index is 0.118. The van der Waals surface area contributed by atoms with E-state index in [1.165, 1.54) is 0 Å². The van der Waals surface area contributed by atoms with E-state index in [0.29, 0.717) is 19.3 Å². The predicted octanol–water partition coefficient (Wildman–Crippen LogP) is 1.21. The summed E-state index contributed by atoms with van der Waals surface area (Å²) in [4.78, 5) is 0. The molecule has 0 atom stereocenters. The molecular formula is C13H28N2O3S. The van der Waals surface area contributed by atoms with Gasteiger partial charge < -0.3 is 10.1 Å². The molecule has 6 heteroatoms. The van der Waals surface area contributed by atoms with Crippen LogP contribution >= 0.6 is 0 Å². The molecule has 5 nitrogen and oxygen atoms in total. The number of sulfonamides is 1. The van der Waals surface area contributed by atoms with E-state index in [0.717, 1.165) is 32.2 Å². The second-order valence-electron chi connectivity index (χ2n) is 5.49. The summed E-state index contributed by atoms with van der Waals surface area (Å²) < 4.78 is 31.2. The number of nitrogens with one attached hydrogen (secondary N) is 1. The van der Waals surface area contributed by atoms with Crippen LogP contribution in [0.5, 0.6) is 0 Å². The third kappa shape index (κ3) is 6.21. The lowest BCUT2D eigenvalue weighted by molar-refractivity contribution is 0.0632. The highest BCUT2D eigenvalue weighted by Gasteiger charge is 2.27. The Bertz CT molecular complexity index is 338. The first-order valence-corrected chi connectivity index (χ1v) is 8.81. The quantitative estimate of drug-likeness (QED) is 0.683. The van der Waals surface area contributed by atoms with Crippen LogP contribution in [0, 0.1) is 0 Å². The smallest absolute Gasteiger partial charge is 0.214 e. The molecule has 0 amide bonds. The van der Waals surface area contributed by atoms with E-state index in [4.69, 9.17) is 4.74 Å². The fraction of sp³-hybridized carbons (Fsp3) is 1.00. The number of nitrogens with zero attached hydrogens (tertiary/aromatic N) is 1. The number of hydrogen-bond donors (Lipinski definition) is 1. The van der Waals surface area contributed by atoms with Crippen molar-refractivity contribution in [3.05, 3.63) is 0 Å². The molecular weight excluding hydrogens is 264 g/mol. The van der Waals surface area contributed by atoms with Crippen LogP contribution in [0.2, 0.25) is 0 Å². The standard InChI is InChI=1S/C13H28N2O3S/c1-12(2)14-8-4-5-11-19(16,17)15(3)13-6-9-18-10-7-13/h12-14H,4-11H2,1-3H3. The summed E-state index contributed by atoms with van der Waals surface area (Å²) in [5.41, 5.74) is 0. The van der Waals surface area contributed by atoms with Crippen molar-refractivity contribution in [1.29, 1.82) is 0 Å². The van der Waals surface area contributed by atoms with E-state index in [1.807, 2.05) is 0 Å². The molecule has 1 fully saturated rings. The Hall–Kier alpha value is -0.170. The Morgan fingerprint density at radius 3 is 2.47 bits per heavy atom. The first kappa shape index (κ1) is 16.9. The molecule has 0 aliphatic carbocycles. The molecule has 114 valence electrons. The van der Waals surface area contributed by atoms with Crippen LogP contribution in [0.3, 0.4) is 0 Å². The van der Waals surface area contributed by atoms with E-state index in [1.54, 1.807) is 11.4 Å². The van der Waals surface area contributed by atoms with E-state index < -0.39 is 10.0 Å². The molecule has 1 aliphatic rings. The van der Waals surface area contributed by atoms with E-state index in [-0.39, 0.29) is 11.8 Å². The maximum Gasteiger partial charge on any atom is 0.214 e. The first-order chi connectivity index (χ1) is 8.93. The maximum atomic E-state index is 12.2. The minimum Gasteiger partial charge on any atom is -0.381 e. The van der Waals surface area contributed by atoms with Gasteiger partial charge in [-0.05, 0) is 32.2 Å². The van der Waals surface area contributed by atoms with Crippen LogP contribution in [0.25, 0.3) is 0 Å². The van der Waals surface area contributed by atoms with Crippen molar-refractivity contribution in [2.75, 3.05) is 32.6 Å². The zero-order valence-electron chi connectivity index (χ0n) is 12.4. The Morgan fingerprint density at radius 2 is 1.89 bits per heavy atom. The Balaban J connectivity index is 2.29. The summed E-state index contributed by atoms with van der Waals surface area (Å²) in [6.07, 6.45) is 3.24. The summed E-state index contributed by atoms with van der Waals surface area (Å²) in [6.45, 7) is 6.41. The zero-order chi connectivity index (χ0) is 14.3. The molecule has 1 N–H and O–H groups in total. The van der Waals surface area contributed by atoms with Crippen LogP contribution in [0.15, 0.2) is 0 Å². The van der Waals surface area contributed by atoms with Gasteiger partial charge in [0.2, 0.25) is 10.0 Å². The van der Waals surface area contributed by atoms with E-state index in [9.17, 15) is 8.42 Å². The predicted molar refractivity (Wildman–Crippen MR) is 77.8 cm³/mol. The summed E-state index contributed by atoms with van der Waals surface area (Å²) in [5, 5.41) is 3.30. The number of ether oxygens (including phenoxy) is 1. The van der Waals surface area contributed by atoms with Crippen molar-refractivity contribution in [2.24, 2.45) is 0 Å². The highest BCUT2D eigenvalue weighted by molar-refractivity contribution is 7.89. The summed E-state index contributed by atoms with van der Waals surface area (Å²) in [7, 11) is -1.40. The van der Waals surface area contributed by atoms with E-state index >= 15 is 0 Å². The second kappa shape index (κ2) is 8.19. The molecule has 0 spiro atoms. The van der Waals surface area contributed by atoms with Gasteiger partial charge in [-0.2, -0.15) is 0 Å². The van der Waals surface area contributed by atoms with E-state index in [2.05, 4.69) is 19.2 Å². The number of unbranched alkanes of at least 4 members (excludes halogenated alkanes) is 1. The second-order valence-corrected chi connectivity index (χ2v) is 7.64.